The van der Waals surface area contributed by atoms with Gasteiger partial charge in [0.05, 0.1) is 12.2 Å². The van der Waals surface area contributed by atoms with Gasteiger partial charge in [-0.15, -0.1) is 0 Å². The summed E-state index contributed by atoms with van der Waals surface area (Å²) in [7, 11) is 0. The molecule has 8 heteroatoms. The predicted molar refractivity (Wildman–Crippen MR) is 104 cm³/mol. The van der Waals surface area contributed by atoms with E-state index in [0.29, 0.717) is 29.9 Å². The second-order valence-corrected chi connectivity index (χ2v) is 6.48. The summed E-state index contributed by atoms with van der Waals surface area (Å²) in [6.07, 6.45) is 0.540. The molecule has 0 atom stereocenters. The Morgan fingerprint density at radius 1 is 1.10 bits per heavy atom. The van der Waals surface area contributed by atoms with Crippen molar-refractivity contribution in [3.05, 3.63) is 58.7 Å². The van der Waals surface area contributed by atoms with E-state index in [0.717, 1.165) is 5.56 Å². The molecule has 156 valence electrons. The number of hydrogen-bond acceptors (Lipinski definition) is 5. The van der Waals surface area contributed by atoms with Crippen molar-refractivity contribution in [1.29, 1.82) is 0 Å². The van der Waals surface area contributed by atoms with Crippen LogP contribution < -0.4 is 5.32 Å². The van der Waals surface area contributed by atoms with Gasteiger partial charge in [0.1, 0.15) is 12.4 Å². The Morgan fingerprint density at radius 3 is 2.45 bits per heavy atom. The molecule has 1 heterocycles. The molecule has 0 aliphatic rings. The first-order valence-electron chi connectivity index (χ1n) is 9.32. The average Bonchev–Trinajstić information content (AvgIpc) is 2.96. The minimum atomic E-state index is -0.587. The molecule has 0 aliphatic heterocycles. The summed E-state index contributed by atoms with van der Waals surface area (Å²) in [4.78, 5) is 35.8. The van der Waals surface area contributed by atoms with Gasteiger partial charge in [-0.2, -0.15) is 0 Å². The average molecular weight is 404 g/mol. The zero-order chi connectivity index (χ0) is 21.4. The Labute approximate surface area is 168 Å². The highest BCUT2D eigenvalue weighted by atomic mass is 19.1. The standard InChI is InChI=1S/C21H25FN2O5/c1-4-28-21(27)18-11-14(2)24(15(18)3)12-20(26)29-13-19(25)23-10-9-16-5-7-17(22)8-6-16/h5-8,11H,4,9-10,12-13H2,1-3H3,(H,23,25). The molecular weight excluding hydrogens is 379 g/mol. The molecule has 0 radical (unpaired) electrons. The molecule has 2 aromatic rings. The van der Waals surface area contributed by atoms with Crippen LogP contribution >= 0.6 is 0 Å². The Hall–Kier alpha value is -3.16. The fourth-order valence-corrected chi connectivity index (χ4v) is 2.83. The van der Waals surface area contributed by atoms with Crippen LogP contribution in [0.3, 0.4) is 0 Å². The molecule has 0 saturated carbocycles. The van der Waals surface area contributed by atoms with Gasteiger partial charge < -0.3 is 19.4 Å². The molecule has 1 aromatic carbocycles. The van der Waals surface area contributed by atoms with Crippen LogP contribution in [0.5, 0.6) is 0 Å². The quantitative estimate of drug-likeness (QED) is 0.648. The van der Waals surface area contributed by atoms with Gasteiger partial charge in [0.2, 0.25) is 0 Å². The van der Waals surface area contributed by atoms with Crippen molar-refractivity contribution in [3.63, 3.8) is 0 Å². The van der Waals surface area contributed by atoms with Crippen molar-refractivity contribution in [3.8, 4) is 0 Å². The molecule has 0 fully saturated rings. The van der Waals surface area contributed by atoms with E-state index in [4.69, 9.17) is 9.47 Å². The van der Waals surface area contributed by atoms with Gasteiger partial charge in [0, 0.05) is 17.9 Å². The predicted octanol–water partition coefficient (Wildman–Crippen LogP) is 2.32. The minimum absolute atomic E-state index is 0.111. The van der Waals surface area contributed by atoms with Crippen LogP contribution in [-0.4, -0.2) is 42.2 Å². The normalized spacial score (nSPS) is 10.5. The van der Waals surface area contributed by atoms with Gasteiger partial charge in [-0.25, -0.2) is 9.18 Å². The fraction of sp³-hybridized carbons (Fsp3) is 0.381. The number of nitrogens with one attached hydrogen (secondary N) is 1. The molecular formula is C21H25FN2O5. The van der Waals surface area contributed by atoms with E-state index in [1.807, 2.05) is 0 Å². The number of rotatable bonds is 9. The van der Waals surface area contributed by atoms with Crippen LogP contribution in [0.1, 0.15) is 34.2 Å². The van der Waals surface area contributed by atoms with Crippen molar-refractivity contribution in [2.75, 3.05) is 19.8 Å². The number of hydrogen-bond donors (Lipinski definition) is 1. The van der Waals surface area contributed by atoms with Crippen molar-refractivity contribution < 1.29 is 28.2 Å². The monoisotopic (exact) mass is 404 g/mol. The second kappa shape index (κ2) is 10.4. The summed E-state index contributed by atoms with van der Waals surface area (Å²) in [6, 6.07) is 7.67. The molecule has 0 spiro atoms. The third-order valence-electron chi connectivity index (χ3n) is 4.37. The van der Waals surface area contributed by atoms with Gasteiger partial charge in [0.25, 0.3) is 5.91 Å². The Bertz CT molecular complexity index is 874. The molecule has 1 amide bonds. The lowest BCUT2D eigenvalue weighted by Gasteiger charge is -2.10. The first kappa shape index (κ1) is 22.1. The van der Waals surface area contributed by atoms with Gasteiger partial charge in [-0.1, -0.05) is 12.1 Å². The van der Waals surface area contributed by atoms with Gasteiger partial charge in [0.15, 0.2) is 6.61 Å². The number of halogens is 1. The van der Waals surface area contributed by atoms with Gasteiger partial charge >= 0.3 is 11.9 Å². The van der Waals surface area contributed by atoms with Crippen molar-refractivity contribution in [2.45, 2.75) is 33.7 Å². The number of carbonyl (C=O) groups excluding carboxylic acids is 3. The summed E-state index contributed by atoms with van der Waals surface area (Å²) in [5.41, 5.74) is 2.60. The molecule has 7 nitrogen and oxygen atoms in total. The van der Waals surface area contributed by atoms with Crippen LogP contribution in [0.4, 0.5) is 4.39 Å². The first-order valence-corrected chi connectivity index (χ1v) is 9.32. The molecule has 29 heavy (non-hydrogen) atoms. The molecule has 1 aromatic heterocycles. The number of amides is 1. The summed E-state index contributed by atoms with van der Waals surface area (Å²) >= 11 is 0. The topological polar surface area (TPSA) is 86.6 Å². The lowest BCUT2D eigenvalue weighted by molar-refractivity contribution is -0.149. The number of carbonyl (C=O) groups is 3. The first-order chi connectivity index (χ1) is 13.8. The molecule has 0 aliphatic carbocycles. The van der Waals surface area contributed by atoms with Crippen LogP contribution in [0.2, 0.25) is 0 Å². The minimum Gasteiger partial charge on any atom is -0.462 e. The number of nitrogens with zero attached hydrogens (tertiary/aromatic N) is 1. The summed E-state index contributed by atoms with van der Waals surface area (Å²) < 4.78 is 24.5. The van der Waals surface area contributed by atoms with Crippen molar-refractivity contribution in [1.82, 2.24) is 9.88 Å². The summed E-state index contributed by atoms with van der Waals surface area (Å²) in [5.74, 6) is -1.77. The van der Waals surface area contributed by atoms with E-state index in [-0.39, 0.29) is 19.0 Å². The zero-order valence-electron chi connectivity index (χ0n) is 16.8. The number of benzene rings is 1. The lowest BCUT2D eigenvalue weighted by atomic mass is 10.1. The fourth-order valence-electron chi connectivity index (χ4n) is 2.83. The Morgan fingerprint density at radius 2 is 1.79 bits per heavy atom. The third-order valence-corrected chi connectivity index (χ3v) is 4.37. The Kier molecular flexibility index (Phi) is 7.94. The van der Waals surface area contributed by atoms with Crippen LogP contribution in [-0.2, 0) is 32.0 Å². The SMILES string of the molecule is CCOC(=O)c1cc(C)n(CC(=O)OCC(=O)NCCc2ccc(F)cc2)c1C. The van der Waals surface area contributed by atoms with E-state index in [1.165, 1.54) is 12.1 Å². The molecule has 0 bridgehead atoms. The Balaban J connectivity index is 1.78. The van der Waals surface area contributed by atoms with E-state index in [9.17, 15) is 18.8 Å². The smallest absolute Gasteiger partial charge is 0.339 e. The highest BCUT2D eigenvalue weighted by Crippen LogP contribution is 2.16. The van der Waals surface area contributed by atoms with Crippen LogP contribution in [0, 0.1) is 19.7 Å². The number of ether oxygens (including phenoxy) is 2. The van der Waals surface area contributed by atoms with E-state index in [2.05, 4.69) is 5.32 Å². The largest absolute Gasteiger partial charge is 0.462 e. The van der Waals surface area contributed by atoms with E-state index in [1.54, 1.807) is 43.5 Å². The van der Waals surface area contributed by atoms with Gasteiger partial charge in [-0.3, -0.25) is 9.59 Å². The summed E-state index contributed by atoms with van der Waals surface area (Å²) in [6.45, 7) is 5.31. The summed E-state index contributed by atoms with van der Waals surface area (Å²) in [5, 5.41) is 2.64. The van der Waals surface area contributed by atoms with E-state index >= 15 is 0 Å². The zero-order valence-corrected chi connectivity index (χ0v) is 16.8. The van der Waals surface area contributed by atoms with Crippen molar-refractivity contribution in [2.24, 2.45) is 0 Å². The number of esters is 2. The maximum atomic E-state index is 12.9. The van der Waals surface area contributed by atoms with Crippen LogP contribution in [0.15, 0.2) is 30.3 Å². The second-order valence-electron chi connectivity index (χ2n) is 6.48. The number of aromatic nitrogens is 1. The molecule has 0 saturated heterocycles. The molecule has 1 N–H and O–H groups in total. The molecule has 0 unspecified atom stereocenters. The molecule has 2 rings (SSSR count). The highest BCUT2D eigenvalue weighted by molar-refractivity contribution is 5.91. The van der Waals surface area contributed by atoms with Crippen LogP contribution in [0.25, 0.3) is 0 Å². The maximum absolute atomic E-state index is 12.9. The lowest BCUT2D eigenvalue weighted by Crippen LogP contribution is -2.31. The third kappa shape index (κ3) is 6.44. The van der Waals surface area contributed by atoms with E-state index < -0.39 is 24.5 Å². The maximum Gasteiger partial charge on any atom is 0.339 e. The van der Waals surface area contributed by atoms with Crippen molar-refractivity contribution >= 4 is 17.8 Å². The highest BCUT2D eigenvalue weighted by Gasteiger charge is 2.19. The number of aryl methyl sites for hydroxylation is 1. The van der Waals surface area contributed by atoms with Gasteiger partial charge in [-0.05, 0) is 51.0 Å².